The van der Waals surface area contributed by atoms with Gasteiger partial charge in [-0.3, -0.25) is 20.6 Å². The van der Waals surface area contributed by atoms with Crippen molar-refractivity contribution in [3.05, 3.63) is 36.4 Å². The van der Waals surface area contributed by atoms with E-state index in [2.05, 4.69) is 25.8 Å². The lowest BCUT2D eigenvalue weighted by molar-refractivity contribution is 0.0962. The van der Waals surface area contributed by atoms with E-state index < -0.39 is 0 Å². The van der Waals surface area contributed by atoms with Gasteiger partial charge in [0.05, 0.1) is 5.56 Å². The highest BCUT2D eigenvalue weighted by Gasteiger charge is 2.08. The number of carbonyl (C=O) groups is 1. The Morgan fingerprint density at radius 3 is 2.83 bits per heavy atom. The maximum atomic E-state index is 11.7. The third-order valence-electron chi connectivity index (χ3n) is 2.13. The van der Waals surface area contributed by atoms with Gasteiger partial charge in [0.25, 0.3) is 5.91 Å². The Hall–Kier alpha value is -2.90. The first-order chi connectivity index (χ1) is 8.68. The normalized spacial score (nSPS) is 9.78. The topological polar surface area (TPSA) is 132 Å². The molecule has 2 aromatic rings. The van der Waals surface area contributed by atoms with Crippen molar-refractivity contribution in [1.29, 1.82) is 0 Å². The van der Waals surface area contributed by atoms with E-state index in [0.717, 1.165) is 0 Å². The number of nitrogens with one attached hydrogen (secondary N) is 2. The number of nitrogens with two attached hydrogens (primary N) is 2. The van der Waals surface area contributed by atoms with Crippen molar-refractivity contribution in [1.82, 2.24) is 20.4 Å². The average molecular weight is 245 g/mol. The molecule has 0 atom stereocenters. The predicted octanol–water partition coefficient (Wildman–Crippen LogP) is -0.207. The van der Waals surface area contributed by atoms with Crippen molar-refractivity contribution in [3.8, 4) is 0 Å². The van der Waals surface area contributed by atoms with E-state index in [1.165, 1.54) is 12.5 Å². The zero-order valence-corrected chi connectivity index (χ0v) is 9.29. The Balaban J connectivity index is 2.04. The number of nitrogen functional groups attached to an aromatic ring is 2. The predicted molar refractivity (Wildman–Crippen MR) is 66.2 cm³/mol. The minimum atomic E-state index is -0.361. The molecule has 0 saturated carbocycles. The van der Waals surface area contributed by atoms with Crippen molar-refractivity contribution in [2.24, 2.45) is 0 Å². The van der Waals surface area contributed by atoms with Crippen LogP contribution in [0.4, 0.5) is 17.3 Å². The molecule has 0 bridgehead atoms. The fourth-order valence-electron chi connectivity index (χ4n) is 1.19. The molecule has 2 aromatic heterocycles. The summed E-state index contributed by atoms with van der Waals surface area (Å²) in [6.45, 7) is 0. The van der Waals surface area contributed by atoms with Gasteiger partial charge < -0.3 is 11.5 Å². The Bertz CT molecular complexity index is 557. The highest BCUT2D eigenvalue weighted by molar-refractivity contribution is 5.94. The molecule has 18 heavy (non-hydrogen) atoms. The van der Waals surface area contributed by atoms with Crippen LogP contribution < -0.4 is 22.3 Å². The molecule has 0 aromatic carbocycles. The SMILES string of the molecule is Nc1ncnc(NNC(=O)c2cccnc2)c1N. The summed E-state index contributed by atoms with van der Waals surface area (Å²) in [5, 5.41) is 0. The van der Waals surface area contributed by atoms with Crippen molar-refractivity contribution in [3.63, 3.8) is 0 Å². The number of amides is 1. The maximum Gasteiger partial charge on any atom is 0.271 e. The van der Waals surface area contributed by atoms with Gasteiger partial charge in [-0.15, -0.1) is 0 Å². The smallest absolute Gasteiger partial charge is 0.271 e. The minimum Gasteiger partial charge on any atom is -0.393 e. The fraction of sp³-hybridized carbons (Fsp3) is 0. The highest BCUT2D eigenvalue weighted by Crippen LogP contribution is 2.17. The summed E-state index contributed by atoms with van der Waals surface area (Å²) in [7, 11) is 0. The van der Waals surface area contributed by atoms with Gasteiger partial charge in [-0.05, 0) is 12.1 Å². The first-order valence-corrected chi connectivity index (χ1v) is 5.01. The van der Waals surface area contributed by atoms with Crippen LogP contribution in [0.15, 0.2) is 30.9 Å². The quantitative estimate of drug-likeness (QED) is 0.550. The first kappa shape index (κ1) is 11.6. The number of anilines is 3. The molecule has 8 heteroatoms. The number of nitrogens with zero attached hydrogens (tertiary/aromatic N) is 3. The molecule has 0 aliphatic heterocycles. The van der Waals surface area contributed by atoms with Crippen molar-refractivity contribution in [2.45, 2.75) is 0 Å². The molecular weight excluding hydrogens is 234 g/mol. The Morgan fingerprint density at radius 2 is 2.11 bits per heavy atom. The number of hydrogen-bond donors (Lipinski definition) is 4. The van der Waals surface area contributed by atoms with E-state index in [1.807, 2.05) is 0 Å². The van der Waals surface area contributed by atoms with E-state index in [4.69, 9.17) is 11.5 Å². The summed E-state index contributed by atoms with van der Waals surface area (Å²) in [5.74, 6) is 0.0163. The van der Waals surface area contributed by atoms with Crippen LogP contribution in [0.2, 0.25) is 0 Å². The number of hydrogen-bond acceptors (Lipinski definition) is 7. The Morgan fingerprint density at radius 1 is 1.28 bits per heavy atom. The van der Waals surface area contributed by atoms with Gasteiger partial charge in [0.1, 0.15) is 12.0 Å². The summed E-state index contributed by atoms with van der Waals surface area (Å²) >= 11 is 0. The molecule has 0 fully saturated rings. The number of aromatic nitrogens is 3. The lowest BCUT2D eigenvalue weighted by Gasteiger charge is -2.09. The lowest BCUT2D eigenvalue weighted by atomic mass is 10.3. The number of rotatable bonds is 3. The van der Waals surface area contributed by atoms with Crippen LogP contribution in [0, 0.1) is 0 Å². The van der Waals surface area contributed by atoms with Gasteiger partial charge in [0.15, 0.2) is 11.6 Å². The number of pyridine rings is 1. The Labute approximate surface area is 102 Å². The third-order valence-corrected chi connectivity index (χ3v) is 2.13. The summed E-state index contributed by atoms with van der Waals surface area (Å²) < 4.78 is 0. The van der Waals surface area contributed by atoms with E-state index >= 15 is 0 Å². The molecule has 0 spiro atoms. The molecule has 2 rings (SSSR count). The highest BCUT2D eigenvalue weighted by atomic mass is 16.2. The van der Waals surface area contributed by atoms with Crippen LogP contribution in [-0.4, -0.2) is 20.9 Å². The molecule has 8 nitrogen and oxygen atoms in total. The molecule has 2 heterocycles. The second-order valence-corrected chi connectivity index (χ2v) is 3.34. The van der Waals surface area contributed by atoms with Crippen LogP contribution in [0.1, 0.15) is 10.4 Å². The lowest BCUT2D eigenvalue weighted by Crippen LogP contribution is -2.30. The minimum absolute atomic E-state index is 0.142. The number of hydrazine groups is 1. The van der Waals surface area contributed by atoms with Gasteiger partial charge in [0, 0.05) is 12.4 Å². The molecule has 0 aliphatic rings. The van der Waals surface area contributed by atoms with Gasteiger partial charge >= 0.3 is 0 Å². The van der Waals surface area contributed by atoms with E-state index in [0.29, 0.717) is 5.56 Å². The van der Waals surface area contributed by atoms with E-state index in [-0.39, 0.29) is 23.2 Å². The van der Waals surface area contributed by atoms with Crippen LogP contribution in [0.3, 0.4) is 0 Å². The van der Waals surface area contributed by atoms with Gasteiger partial charge in [-0.2, -0.15) is 0 Å². The second-order valence-electron chi connectivity index (χ2n) is 3.34. The third kappa shape index (κ3) is 2.43. The van der Waals surface area contributed by atoms with Crippen LogP contribution in [0.5, 0.6) is 0 Å². The van der Waals surface area contributed by atoms with Crippen molar-refractivity contribution >= 4 is 23.2 Å². The van der Waals surface area contributed by atoms with Gasteiger partial charge in [0.2, 0.25) is 0 Å². The maximum absolute atomic E-state index is 11.7. The molecule has 92 valence electrons. The van der Waals surface area contributed by atoms with E-state index in [9.17, 15) is 4.79 Å². The summed E-state index contributed by atoms with van der Waals surface area (Å²) in [4.78, 5) is 23.1. The Kier molecular flexibility index (Phi) is 3.19. The van der Waals surface area contributed by atoms with Gasteiger partial charge in [-0.25, -0.2) is 9.97 Å². The van der Waals surface area contributed by atoms with Crippen molar-refractivity contribution < 1.29 is 4.79 Å². The van der Waals surface area contributed by atoms with Crippen LogP contribution in [0.25, 0.3) is 0 Å². The summed E-state index contributed by atoms with van der Waals surface area (Å²) in [6, 6.07) is 3.29. The molecule has 0 radical (unpaired) electrons. The standard InChI is InChI=1S/C10H11N7O/c11-7-8(12)14-5-15-9(7)16-17-10(18)6-2-1-3-13-4-6/h1-5H,11H2,(H,17,18)(H3,12,14,15,16). The molecule has 6 N–H and O–H groups in total. The van der Waals surface area contributed by atoms with Crippen molar-refractivity contribution in [2.75, 3.05) is 16.9 Å². The zero-order valence-electron chi connectivity index (χ0n) is 9.29. The molecule has 1 amide bonds. The largest absolute Gasteiger partial charge is 0.393 e. The zero-order chi connectivity index (χ0) is 13.0. The summed E-state index contributed by atoms with van der Waals surface area (Å²) in [6.07, 6.45) is 4.26. The van der Waals surface area contributed by atoms with Crippen LogP contribution in [-0.2, 0) is 0 Å². The molecular formula is C10H11N7O. The summed E-state index contributed by atoms with van der Waals surface area (Å²) in [5.41, 5.74) is 16.7. The first-order valence-electron chi connectivity index (χ1n) is 5.01. The molecule has 0 unspecified atom stereocenters. The average Bonchev–Trinajstić information content (AvgIpc) is 2.41. The van der Waals surface area contributed by atoms with Crippen LogP contribution >= 0.6 is 0 Å². The van der Waals surface area contributed by atoms with Gasteiger partial charge in [-0.1, -0.05) is 0 Å². The monoisotopic (exact) mass is 245 g/mol. The second kappa shape index (κ2) is 4.95. The molecule has 0 saturated heterocycles. The molecule has 0 aliphatic carbocycles. The number of carbonyl (C=O) groups excluding carboxylic acids is 1. The fourth-order valence-corrected chi connectivity index (χ4v) is 1.19. The van der Waals surface area contributed by atoms with E-state index in [1.54, 1.807) is 18.3 Å².